The summed E-state index contributed by atoms with van der Waals surface area (Å²) in [7, 11) is -3.66. The number of hydrogen-bond donors (Lipinski definition) is 1. The van der Waals surface area contributed by atoms with Crippen LogP contribution in [0.1, 0.15) is 11.1 Å². The third-order valence-corrected chi connectivity index (χ3v) is 6.45. The number of nitrogens with one attached hydrogen (secondary N) is 1. The van der Waals surface area contributed by atoms with Gasteiger partial charge in [-0.25, -0.2) is 8.42 Å². The molecule has 0 fully saturated rings. The number of hydrogen-bond acceptors (Lipinski definition) is 2. The van der Waals surface area contributed by atoms with E-state index in [0.29, 0.717) is 20.9 Å². The van der Waals surface area contributed by atoms with E-state index >= 15 is 0 Å². The number of aromatic nitrogens is 1. The Morgan fingerprint density at radius 1 is 0.731 bits per heavy atom. The largest absolute Gasteiger partial charge is 0.353 e. The lowest BCUT2D eigenvalue weighted by molar-refractivity contribution is 0.597. The summed E-state index contributed by atoms with van der Waals surface area (Å²) in [6.45, 7) is 3.96. The highest BCUT2D eigenvalue weighted by Gasteiger charge is 2.26. The second kappa shape index (κ2) is 6.15. The second-order valence-corrected chi connectivity index (χ2v) is 8.44. The molecule has 1 N–H and O–H groups in total. The van der Waals surface area contributed by atoms with Crippen molar-refractivity contribution in [3.8, 4) is 11.3 Å². The minimum absolute atomic E-state index is 0.307. The van der Waals surface area contributed by atoms with Gasteiger partial charge < -0.3 is 4.98 Å². The second-order valence-electron chi connectivity index (χ2n) is 6.56. The van der Waals surface area contributed by atoms with E-state index in [1.165, 1.54) is 0 Å². The zero-order valence-electron chi connectivity index (χ0n) is 14.7. The fourth-order valence-corrected chi connectivity index (χ4v) is 4.79. The molecular weight excluding hydrogens is 342 g/mol. The fourth-order valence-electron chi connectivity index (χ4n) is 3.15. The number of rotatable bonds is 3. The SMILES string of the molecule is Cc1ccc(-c2[nH]c3ccccc3c2S(=O)(=O)c2ccc(C)cc2)cc1. The average molecular weight is 361 g/mol. The van der Waals surface area contributed by atoms with E-state index in [2.05, 4.69) is 4.98 Å². The van der Waals surface area contributed by atoms with Crippen LogP contribution in [0.15, 0.2) is 82.6 Å². The first-order chi connectivity index (χ1) is 12.5. The smallest absolute Gasteiger partial charge is 0.209 e. The van der Waals surface area contributed by atoms with Crippen LogP contribution >= 0.6 is 0 Å². The van der Waals surface area contributed by atoms with Gasteiger partial charge in [-0.3, -0.25) is 0 Å². The molecule has 3 aromatic carbocycles. The highest BCUT2D eigenvalue weighted by molar-refractivity contribution is 7.91. The van der Waals surface area contributed by atoms with Crippen molar-refractivity contribution in [3.63, 3.8) is 0 Å². The molecule has 0 radical (unpaired) electrons. The van der Waals surface area contributed by atoms with Gasteiger partial charge in [-0.1, -0.05) is 65.7 Å². The van der Waals surface area contributed by atoms with E-state index in [1.807, 2.05) is 74.5 Å². The molecule has 26 heavy (non-hydrogen) atoms. The first kappa shape index (κ1) is 16.6. The Morgan fingerprint density at radius 2 is 1.31 bits per heavy atom. The van der Waals surface area contributed by atoms with Gasteiger partial charge in [0.15, 0.2) is 0 Å². The standard InChI is InChI=1S/C22H19NO2S/c1-15-7-11-17(12-8-15)21-22(19-5-3-4-6-20(19)23-21)26(24,25)18-13-9-16(2)10-14-18/h3-14,23H,1-2H3. The van der Waals surface area contributed by atoms with Gasteiger partial charge >= 0.3 is 0 Å². The van der Waals surface area contributed by atoms with Crippen LogP contribution in [0, 0.1) is 13.8 Å². The quantitative estimate of drug-likeness (QED) is 0.539. The van der Waals surface area contributed by atoms with Crippen LogP contribution in [-0.2, 0) is 9.84 Å². The highest BCUT2D eigenvalue weighted by atomic mass is 32.2. The summed E-state index contributed by atoms with van der Waals surface area (Å²) >= 11 is 0. The maximum atomic E-state index is 13.5. The minimum Gasteiger partial charge on any atom is -0.353 e. The summed E-state index contributed by atoms with van der Waals surface area (Å²) < 4.78 is 26.9. The van der Waals surface area contributed by atoms with Gasteiger partial charge in [-0.05, 0) is 37.6 Å². The van der Waals surface area contributed by atoms with E-state index in [9.17, 15) is 8.42 Å². The lowest BCUT2D eigenvalue weighted by Crippen LogP contribution is -2.03. The summed E-state index contributed by atoms with van der Waals surface area (Å²) in [4.78, 5) is 3.95. The van der Waals surface area contributed by atoms with Crippen molar-refractivity contribution in [2.24, 2.45) is 0 Å². The Kier molecular flexibility index (Phi) is 3.93. The van der Waals surface area contributed by atoms with Crippen molar-refractivity contribution >= 4 is 20.7 Å². The molecular formula is C22H19NO2S. The lowest BCUT2D eigenvalue weighted by atomic mass is 10.1. The fraction of sp³-hybridized carbons (Fsp3) is 0.0909. The number of para-hydroxylation sites is 1. The van der Waals surface area contributed by atoms with Crippen molar-refractivity contribution in [2.75, 3.05) is 0 Å². The molecule has 4 aromatic rings. The summed E-state index contributed by atoms with van der Waals surface area (Å²) in [6.07, 6.45) is 0. The first-order valence-electron chi connectivity index (χ1n) is 8.46. The predicted octanol–water partition coefficient (Wildman–Crippen LogP) is 5.28. The zero-order chi connectivity index (χ0) is 18.3. The molecule has 1 aromatic heterocycles. The number of sulfone groups is 1. The summed E-state index contributed by atoms with van der Waals surface area (Å²) in [5, 5.41) is 0.712. The molecule has 0 saturated carbocycles. The number of aryl methyl sites for hydroxylation is 2. The van der Waals surface area contributed by atoms with E-state index < -0.39 is 9.84 Å². The van der Waals surface area contributed by atoms with Crippen LogP contribution in [0.25, 0.3) is 22.2 Å². The van der Waals surface area contributed by atoms with Gasteiger partial charge in [0.25, 0.3) is 0 Å². The molecule has 3 nitrogen and oxygen atoms in total. The van der Waals surface area contributed by atoms with Crippen LogP contribution in [0.5, 0.6) is 0 Å². The summed E-state index contributed by atoms with van der Waals surface area (Å²) in [5.74, 6) is 0. The Hall–Kier alpha value is -2.85. The monoisotopic (exact) mass is 361 g/mol. The molecule has 0 aliphatic heterocycles. The lowest BCUT2D eigenvalue weighted by Gasteiger charge is -2.08. The van der Waals surface area contributed by atoms with E-state index in [4.69, 9.17) is 0 Å². The average Bonchev–Trinajstić information content (AvgIpc) is 3.03. The normalized spacial score (nSPS) is 11.8. The van der Waals surface area contributed by atoms with E-state index in [-0.39, 0.29) is 0 Å². The number of fused-ring (bicyclic) bond motifs is 1. The van der Waals surface area contributed by atoms with Crippen LogP contribution < -0.4 is 0 Å². The Balaban J connectivity index is 2.03. The van der Waals surface area contributed by atoms with Gasteiger partial charge in [0.2, 0.25) is 9.84 Å². The van der Waals surface area contributed by atoms with Crippen LogP contribution in [0.4, 0.5) is 0 Å². The van der Waals surface area contributed by atoms with E-state index in [0.717, 1.165) is 22.2 Å². The topological polar surface area (TPSA) is 49.9 Å². The van der Waals surface area contributed by atoms with Crippen molar-refractivity contribution in [2.45, 2.75) is 23.6 Å². The molecule has 0 spiro atoms. The van der Waals surface area contributed by atoms with Gasteiger partial charge in [-0.15, -0.1) is 0 Å². The van der Waals surface area contributed by atoms with Crippen LogP contribution in [0.3, 0.4) is 0 Å². The Bertz CT molecular complexity index is 1190. The van der Waals surface area contributed by atoms with Gasteiger partial charge in [0, 0.05) is 10.9 Å². The summed E-state index contributed by atoms with van der Waals surface area (Å²) in [5.41, 5.74) is 4.47. The Morgan fingerprint density at radius 3 is 1.96 bits per heavy atom. The molecule has 0 atom stereocenters. The minimum atomic E-state index is -3.66. The summed E-state index contributed by atoms with van der Waals surface area (Å²) in [6, 6.07) is 22.4. The molecule has 4 rings (SSSR count). The number of benzene rings is 3. The predicted molar refractivity (Wildman–Crippen MR) is 105 cm³/mol. The van der Waals surface area contributed by atoms with Gasteiger partial charge in [-0.2, -0.15) is 0 Å². The van der Waals surface area contributed by atoms with Crippen molar-refractivity contribution < 1.29 is 8.42 Å². The zero-order valence-corrected chi connectivity index (χ0v) is 15.5. The molecule has 0 unspecified atom stereocenters. The molecule has 0 saturated heterocycles. The molecule has 0 bridgehead atoms. The van der Waals surface area contributed by atoms with Crippen LogP contribution in [-0.4, -0.2) is 13.4 Å². The maximum absolute atomic E-state index is 13.5. The van der Waals surface area contributed by atoms with Crippen molar-refractivity contribution in [1.29, 1.82) is 0 Å². The van der Waals surface area contributed by atoms with Crippen LogP contribution in [0.2, 0.25) is 0 Å². The third-order valence-electron chi connectivity index (χ3n) is 4.60. The maximum Gasteiger partial charge on any atom is 0.209 e. The molecule has 4 heteroatoms. The molecule has 1 heterocycles. The van der Waals surface area contributed by atoms with Crippen molar-refractivity contribution in [1.82, 2.24) is 4.98 Å². The van der Waals surface area contributed by atoms with E-state index in [1.54, 1.807) is 12.1 Å². The number of aromatic amines is 1. The van der Waals surface area contributed by atoms with Gasteiger partial charge in [0.05, 0.1) is 10.6 Å². The molecule has 0 aliphatic rings. The Labute approximate surface area is 153 Å². The third kappa shape index (κ3) is 2.72. The highest BCUT2D eigenvalue weighted by Crippen LogP contribution is 2.37. The molecule has 0 amide bonds. The van der Waals surface area contributed by atoms with Crippen molar-refractivity contribution in [3.05, 3.63) is 83.9 Å². The van der Waals surface area contributed by atoms with Gasteiger partial charge in [0.1, 0.15) is 4.90 Å². The number of H-pyrrole nitrogens is 1. The first-order valence-corrected chi connectivity index (χ1v) is 9.94. The molecule has 0 aliphatic carbocycles. The molecule has 130 valence electrons.